The molecule has 1 aromatic carbocycles. The molecule has 0 radical (unpaired) electrons. The Morgan fingerprint density at radius 1 is 1.32 bits per heavy atom. The third-order valence-electron chi connectivity index (χ3n) is 3.02. The smallest absolute Gasteiger partial charge is 0.230 e. The van der Waals surface area contributed by atoms with E-state index in [1.165, 1.54) is 0 Å². The van der Waals surface area contributed by atoms with E-state index in [1.807, 2.05) is 35.0 Å². The van der Waals surface area contributed by atoms with Crippen LogP contribution >= 0.6 is 22.7 Å². The number of hydrogen-bond acceptors (Lipinski definition) is 5. The molecule has 1 amide bonds. The third kappa shape index (κ3) is 3.52. The van der Waals surface area contributed by atoms with Gasteiger partial charge in [-0.05, 0) is 23.6 Å². The zero-order valence-corrected chi connectivity index (χ0v) is 13.5. The summed E-state index contributed by atoms with van der Waals surface area (Å²) < 4.78 is 5.14. The maximum absolute atomic E-state index is 12.1. The number of carbonyl (C=O) groups excluding carboxylic acids is 1. The van der Waals surface area contributed by atoms with Crippen LogP contribution in [0.1, 0.15) is 5.69 Å². The zero-order valence-electron chi connectivity index (χ0n) is 11.9. The fourth-order valence-corrected chi connectivity index (χ4v) is 3.51. The number of benzene rings is 1. The highest BCUT2D eigenvalue weighted by molar-refractivity contribution is 7.14. The quantitative estimate of drug-likeness (QED) is 0.767. The summed E-state index contributed by atoms with van der Waals surface area (Å²) in [6.45, 7) is 0. The topological polar surface area (TPSA) is 51.2 Å². The number of thiazole rings is 1. The van der Waals surface area contributed by atoms with E-state index in [0.29, 0.717) is 5.75 Å². The molecule has 6 heteroatoms. The predicted molar refractivity (Wildman–Crippen MR) is 90.8 cm³/mol. The van der Waals surface area contributed by atoms with Crippen molar-refractivity contribution in [2.75, 3.05) is 12.4 Å². The molecule has 22 heavy (non-hydrogen) atoms. The highest BCUT2D eigenvalue weighted by Gasteiger charge is 2.10. The molecule has 4 nitrogen and oxygen atoms in total. The molecule has 0 aliphatic heterocycles. The second-order valence-corrected chi connectivity index (χ2v) is 6.25. The van der Waals surface area contributed by atoms with Gasteiger partial charge in [-0.15, -0.1) is 11.3 Å². The van der Waals surface area contributed by atoms with Crippen molar-refractivity contribution in [3.05, 3.63) is 52.2 Å². The summed E-state index contributed by atoms with van der Waals surface area (Å²) in [5, 5.41) is 9.81. The van der Waals surface area contributed by atoms with E-state index < -0.39 is 0 Å². The van der Waals surface area contributed by atoms with Crippen LogP contribution in [0.3, 0.4) is 0 Å². The number of amides is 1. The summed E-state index contributed by atoms with van der Waals surface area (Å²) in [5.41, 5.74) is 2.61. The van der Waals surface area contributed by atoms with Crippen molar-refractivity contribution < 1.29 is 9.53 Å². The van der Waals surface area contributed by atoms with E-state index in [0.717, 1.165) is 22.0 Å². The number of nitrogens with zero attached hydrogens (tertiary/aromatic N) is 1. The van der Waals surface area contributed by atoms with Crippen LogP contribution in [0.2, 0.25) is 0 Å². The van der Waals surface area contributed by atoms with Crippen molar-refractivity contribution in [2.45, 2.75) is 6.42 Å². The maximum atomic E-state index is 12.1. The lowest BCUT2D eigenvalue weighted by molar-refractivity contribution is -0.115. The average Bonchev–Trinajstić information content (AvgIpc) is 3.18. The molecular weight excluding hydrogens is 316 g/mol. The number of thiophene rings is 1. The predicted octanol–water partition coefficient (Wildman–Crippen LogP) is 4.06. The molecule has 0 fully saturated rings. The Morgan fingerprint density at radius 3 is 3.00 bits per heavy atom. The molecule has 0 saturated heterocycles. The molecule has 3 rings (SSSR count). The largest absolute Gasteiger partial charge is 0.497 e. The van der Waals surface area contributed by atoms with E-state index in [4.69, 9.17) is 4.74 Å². The fourth-order valence-electron chi connectivity index (χ4n) is 1.98. The van der Waals surface area contributed by atoms with Crippen LogP contribution in [-0.4, -0.2) is 18.0 Å². The average molecular weight is 330 g/mol. The van der Waals surface area contributed by atoms with Gasteiger partial charge >= 0.3 is 0 Å². The molecule has 0 atom stereocenters. The number of nitrogens with one attached hydrogen (secondary N) is 1. The van der Waals surface area contributed by atoms with Crippen LogP contribution in [0.25, 0.3) is 10.6 Å². The second kappa shape index (κ2) is 6.72. The number of carbonyl (C=O) groups is 1. The van der Waals surface area contributed by atoms with Gasteiger partial charge in [0.15, 0.2) is 0 Å². The molecule has 0 aliphatic rings. The van der Waals surface area contributed by atoms with Crippen LogP contribution < -0.4 is 10.1 Å². The third-order valence-corrected chi connectivity index (χ3v) is 4.64. The molecule has 0 aliphatic carbocycles. The van der Waals surface area contributed by atoms with Gasteiger partial charge in [0.05, 0.1) is 19.2 Å². The van der Waals surface area contributed by atoms with Crippen LogP contribution in [-0.2, 0) is 11.2 Å². The highest BCUT2D eigenvalue weighted by Crippen LogP contribution is 2.26. The van der Waals surface area contributed by atoms with Gasteiger partial charge in [-0.2, -0.15) is 11.3 Å². The van der Waals surface area contributed by atoms with Crippen LogP contribution in [0.5, 0.6) is 5.75 Å². The van der Waals surface area contributed by atoms with Crippen molar-refractivity contribution in [3.8, 4) is 16.3 Å². The van der Waals surface area contributed by atoms with E-state index >= 15 is 0 Å². The fraction of sp³-hybridized carbons (Fsp3) is 0.125. The van der Waals surface area contributed by atoms with E-state index in [-0.39, 0.29) is 12.3 Å². The number of ether oxygens (including phenoxy) is 1. The Balaban J connectivity index is 1.64. The minimum absolute atomic E-state index is 0.0876. The first kappa shape index (κ1) is 14.7. The molecule has 2 heterocycles. The van der Waals surface area contributed by atoms with E-state index in [2.05, 4.69) is 15.7 Å². The monoisotopic (exact) mass is 330 g/mol. The Hall–Kier alpha value is -2.18. The van der Waals surface area contributed by atoms with Crippen molar-refractivity contribution in [3.63, 3.8) is 0 Å². The molecule has 2 aromatic heterocycles. The minimum atomic E-state index is -0.0876. The number of aromatic nitrogens is 1. The summed E-state index contributed by atoms with van der Waals surface area (Å²) in [5.74, 6) is 0.627. The van der Waals surface area contributed by atoms with Gasteiger partial charge in [0.25, 0.3) is 0 Å². The number of anilines is 1. The molecule has 1 N–H and O–H groups in total. The molecule has 0 unspecified atom stereocenters. The summed E-state index contributed by atoms with van der Waals surface area (Å²) in [4.78, 5) is 16.6. The zero-order chi connectivity index (χ0) is 15.4. The summed E-state index contributed by atoms with van der Waals surface area (Å²) in [6.07, 6.45) is 0.262. The Morgan fingerprint density at radius 2 is 2.23 bits per heavy atom. The van der Waals surface area contributed by atoms with Crippen molar-refractivity contribution in [1.29, 1.82) is 0 Å². The van der Waals surface area contributed by atoms with E-state index in [9.17, 15) is 4.79 Å². The molecular formula is C16H14N2O2S2. The van der Waals surface area contributed by atoms with Gasteiger partial charge in [-0.3, -0.25) is 4.79 Å². The van der Waals surface area contributed by atoms with Crippen molar-refractivity contribution in [1.82, 2.24) is 4.98 Å². The van der Waals surface area contributed by atoms with Gasteiger partial charge in [0.2, 0.25) is 5.91 Å². The van der Waals surface area contributed by atoms with Gasteiger partial charge in [0.1, 0.15) is 10.8 Å². The Bertz CT molecular complexity index is 766. The van der Waals surface area contributed by atoms with Crippen LogP contribution in [0.4, 0.5) is 5.69 Å². The number of hydrogen-bond donors (Lipinski definition) is 1. The summed E-state index contributed by atoms with van der Waals surface area (Å²) in [7, 11) is 1.60. The second-order valence-electron chi connectivity index (χ2n) is 4.61. The first-order chi connectivity index (χ1) is 10.7. The number of methoxy groups -OCH3 is 1. The van der Waals surface area contributed by atoms with E-state index in [1.54, 1.807) is 35.8 Å². The normalized spacial score (nSPS) is 10.4. The van der Waals surface area contributed by atoms with Crippen LogP contribution in [0.15, 0.2) is 46.5 Å². The summed E-state index contributed by atoms with van der Waals surface area (Å²) in [6, 6.07) is 9.33. The van der Waals surface area contributed by atoms with Crippen molar-refractivity contribution >= 4 is 34.3 Å². The van der Waals surface area contributed by atoms with Crippen LogP contribution in [0, 0.1) is 0 Å². The number of rotatable bonds is 5. The minimum Gasteiger partial charge on any atom is -0.497 e. The highest BCUT2D eigenvalue weighted by atomic mass is 32.1. The first-order valence-electron chi connectivity index (χ1n) is 6.65. The van der Waals surface area contributed by atoms with Gasteiger partial charge in [-0.25, -0.2) is 4.98 Å². The molecule has 112 valence electrons. The molecule has 0 spiro atoms. The maximum Gasteiger partial charge on any atom is 0.230 e. The lowest BCUT2D eigenvalue weighted by atomic mass is 10.2. The molecule has 0 saturated carbocycles. The molecule has 3 aromatic rings. The van der Waals surface area contributed by atoms with Gasteiger partial charge in [-0.1, -0.05) is 6.07 Å². The van der Waals surface area contributed by atoms with Gasteiger partial charge < -0.3 is 10.1 Å². The lowest BCUT2D eigenvalue weighted by Crippen LogP contribution is -2.14. The lowest BCUT2D eigenvalue weighted by Gasteiger charge is -2.06. The Kier molecular flexibility index (Phi) is 4.50. The summed E-state index contributed by atoms with van der Waals surface area (Å²) >= 11 is 3.20. The first-order valence-corrected chi connectivity index (χ1v) is 8.48. The van der Waals surface area contributed by atoms with Gasteiger partial charge in [0, 0.05) is 28.1 Å². The van der Waals surface area contributed by atoms with Crippen molar-refractivity contribution in [2.24, 2.45) is 0 Å². The SMILES string of the molecule is COc1cccc(NC(=O)Cc2csc(-c3ccsc3)n2)c1. The standard InChI is InChI=1S/C16H14N2O2S2/c1-20-14-4-2-3-12(7-14)17-15(19)8-13-10-22-16(18-13)11-5-6-21-9-11/h2-7,9-10H,8H2,1H3,(H,17,19). The molecule has 0 bridgehead atoms. The Labute approximate surface area is 136 Å².